The van der Waals surface area contributed by atoms with Crippen molar-refractivity contribution in [2.75, 3.05) is 0 Å². The lowest BCUT2D eigenvalue weighted by Crippen LogP contribution is -2.31. The molecule has 0 heterocycles. The van der Waals surface area contributed by atoms with Crippen LogP contribution in [0.25, 0.3) is 0 Å². The minimum absolute atomic E-state index is 0.00307. The summed E-state index contributed by atoms with van der Waals surface area (Å²) in [6.07, 6.45) is 0. The number of hydrogen-bond acceptors (Lipinski definition) is 3. The normalized spacial score (nSPS) is 20.9. The topological polar surface area (TPSA) is 72.2 Å². The number of sulfonamides is 1. The van der Waals surface area contributed by atoms with Crippen LogP contribution in [0.1, 0.15) is 38.8 Å². The van der Waals surface area contributed by atoms with Crippen LogP contribution >= 0.6 is 0 Å². The average Bonchev–Trinajstić information content (AvgIpc) is 2.72. The van der Waals surface area contributed by atoms with Crippen molar-refractivity contribution in [2.45, 2.75) is 46.0 Å². The highest BCUT2D eigenvalue weighted by Crippen LogP contribution is 2.62. The summed E-state index contributed by atoms with van der Waals surface area (Å²) in [5.74, 6) is 0.0144. The predicted molar refractivity (Wildman–Crippen MR) is 81.4 cm³/mol. The molecule has 0 amide bonds. The van der Waals surface area contributed by atoms with Gasteiger partial charge in [0.1, 0.15) is 0 Å². The molecule has 0 atom stereocenters. The summed E-state index contributed by atoms with van der Waals surface area (Å²) in [5, 5.41) is 0. The zero-order chi connectivity index (χ0) is 15.2. The molecule has 1 aliphatic rings. The van der Waals surface area contributed by atoms with Gasteiger partial charge >= 0.3 is 0 Å². The molecule has 0 unspecified atom stereocenters. The van der Waals surface area contributed by atoms with Crippen molar-refractivity contribution in [3.05, 3.63) is 35.4 Å². The Labute approximate surface area is 121 Å². The van der Waals surface area contributed by atoms with E-state index in [1.807, 2.05) is 24.3 Å². The first-order valence-electron chi connectivity index (χ1n) is 6.88. The van der Waals surface area contributed by atoms with Gasteiger partial charge < -0.3 is 5.73 Å². The minimum Gasteiger partial charge on any atom is -0.326 e. The lowest BCUT2D eigenvalue weighted by molar-refractivity contribution is 0.457. The zero-order valence-electron chi connectivity index (χ0n) is 12.6. The molecule has 1 aromatic rings. The van der Waals surface area contributed by atoms with E-state index in [0.717, 1.165) is 11.1 Å². The van der Waals surface area contributed by atoms with Crippen molar-refractivity contribution < 1.29 is 8.42 Å². The maximum Gasteiger partial charge on any atom is 0.216 e. The lowest BCUT2D eigenvalue weighted by atomic mass is 10.0. The van der Waals surface area contributed by atoms with Gasteiger partial charge in [0.25, 0.3) is 0 Å². The fraction of sp³-hybridized carbons (Fsp3) is 0.600. The first-order valence-corrected chi connectivity index (χ1v) is 8.53. The average molecular weight is 296 g/mol. The Morgan fingerprint density at radius 2 is 1.50 bits per heavy atom. The van der Waals surface area contributed by atoms with Crippen LogP contribution in [0, 0.1) is 10.8 Å². The van der Waals surface area contributed by atoms with Gasteiger partial charge in [-0.25, -0.2) is 13.1 Å². The van der Waals surface area contributed by atoms with Crippen LogP contribution in [0.5, 0.6) is 0 Å². The zero-order valence-corrected chi connectivity index (χ0v) is 13.4. The molecule has 4 nitrogen and oxygen atoms in total. The lowest BCUT2D eigenvalue weighted by Gasteiger charge is -2.09. The van der Waals surface area contributed by atoms with Crippen LogP contribution in [0.4, 0.5) is 0 Å². The van der Waals surface area contributed by atoms with Crippen LogP contribution in [-0.4, -0.2) is 14.5 Å². The third kappa shape index (κ3) is 2.75. The number of hydrogen-bond donors (Lipinski definition) is 2. The Hall–Kier alpha value is -0.910. The van der Waals surface area contributed by atoms with Gasteiger partial charge in [-0.15, -0.1) is 0 Å². The van der Waals surface area contributed by atoms with Crippen molar-refractivity contribution in [2.24, 2.45) is 16.6 Å². The minimum atomic E-state index is -3.31. The summed E-state index contributed by atoms with van der Waals surface area (Å²) < 4.78 is 27.3. The summed E-state index contributed by atoms with van der Waals surface area (Å²) >= 11 is 0. The molecule has 0 spiro atoms. The highest BCUT2D eigenvalue weighted by atomic mass is 32.2. The Balaban J connectivity index is 2.05. The molecule has 0 saturated heterocycles. The molecule has 0 aromatic heterocycles. The molecule has 3 N–H and O–H groups in total. The molecule has 1 fully saturated rings. The molecule has 20 heavy (non-hydrogen) atoms. The van der Waals surface area contributed by atoms with Gasteiger partial charge in [0, 0.05) is 12.6 Å². The Morgan fingerprint density at radius 3 is 1.90 bits per heavy atom. The first-order chi connectivity index (χ1) is 9.10. The van der Waals surface area contributed by atoms with Crippen molar-refractivity contribution in [3.63, 3.8) is 0 Å². The van der Waals surface area contributed by atoms with E-state index >= 15 is 0 Å². The predicted octanol–water partition coefficient (Wildman–Crippen LogP) is 2.00. The van der Waals surface area contributed by atoms with Crippen molar-refractivity contribution in [3.8, 4) is 0 Å². The molecule has 112 valence electrons. The summed E-state index contributed by atoms with van der Waals surface area (Å²) in [6, 6.07) is 7.39. The van der Waals surface area contributed by atoms with Crippen molar-refractivity contribution >= 4 is 10.0 Å². The largest absolute Gasteiger partial charge is 0.326 e. The van der Waals surface area contributed by atoms with Crippen molar-refractivity contribution in [1.29, 1.82) is 0 Å². The molecule has 1 aliphatic carbocycles. The monoisotopic (exact) mass is 296 g/mol. The third-order valence-electron chi connectivity index (χ3n) is 4.93. The first kappa shape index (κ1) is 15.5. The number of nitrogens with one attached hydrogen (secondary N) is 1. The van der Waals surface area contributed by atoms with E-state index < -0.39 is 10.0 Å². The van der Waals surface area contributed by atoms with E-state index in [-0.39, 0.29) is 22.6 Å². The van der Waals surface area contributed by atoms with Crippen LogP contribution in [0.3, 0.4) is 0 Å². The maximum atomic E-state index is 12.2. The summed E-state index contributed by atoms with van der Waals surface area (Å²) in [5.41, 5.74) is 7.32. The second-order valence-electron chi connectivity index (χ2n) is 6.77. The van der Waals surface area contributed by atoms with E-state index in [1.165, 1.54) is 0 Å². The quantitative estimate of drug-likeness (QED) is 0.873. The molecule has 0 aliphatic heterocycles. The Morgan fingerprint density at radius 1 is 1.05 bits per heavy atom. The summed E-state index contributed by atoms with van der Waals surface area (Å²) in [6.45, 7) is 8.84. The molecular weight excluding hydrogens is 272 g/mol. The van der Waals surface area contributed by atoms with Crippen molar-refractivity contribution in [1.82, 2.24) is 4.72 Å². The second-order valence-corrected chi connectivity index (χ2v) is 8.53. The van der Waals surface area contributed by atoms with Gasteiger partial charge in [0.2, 0.25) is 10.0 Å². The highest BCUT2D eigenvalue weighted by molar-refractivity contribution is 7.88. The fourth-order valence-electron chi connectivity index (χ4n) is 2.70. The second kappa shape index (κ2) is 4.83. The van der Waals surface area contributed by atoms with Gasteiger partial charge in [-0.05, 0) is 22.0 Å². The summed E-state index contributed by atoms with van der Waals surface area (Å²) in [4.78, 5) is 0. The van der Waals surface area contributed by atoms with E-state index in [2.05, 4.69) is 32.4 Å². The molecule has 1 saturated carbocycles. The van der Waals surface area contributed by atoms with Crippen LogP contribution < -0.4 is 10.5 Å². The van der Waals surface area contributed by atoms with Crippen LogP contribution in [-0.2, 0) is 22.3 Å². The van der Waals surface area contributed by atoms with Crippen LogP contribution in [0.2, 0.25) is 0 Å². The molecule has 5 heteroatoms. The molecular formula is C15H24N2O2S. The standard InChI is InChI=1S/C15H24N2O2S/c1-14(2)13(15(14,3)4)17-20(18,19)10-12-7-5-11(9-16)6-8-12/h5-8,13,17H,9-10,16H2,1-4H3. The molecule has 0 bridgehead atoms. The van der Waals surface area contributed by atoms with Gasteiger partial charge in [0.15, 0.2) is 0 Å². The SMILES string of the molecule is CC1(C)C(NS(=O)(=O)Cc2ccc(CN)cc2)C1(C)C. The van der Waals surface area contributed by atoms with Gasteiger partial charge in [-0.1, -0.05) is 52.0 Å². The third-order valence-corrected chi connectivity index (χ3v) is 6.24. The smallest absolute Gasteiger partial charge is 0.216 e. The molecule has 2 rings (SSSR count). The Bertz CT molecular complexity index is 575. The van der Waals surface area contributed by atoms with E-state index in [9.17, 15) is 8.42 Å². The van der Waals surface area contributed by atoms with Gasteiger partial charge in [-0.2, -0.15) is 0 Å². The highest BCUT2D eigenvalue weighted by Gasteiger charge is 2.65. The van der Waals surface area contributed by atoms with E-state index in [0.29, 0.717) is 6.54 Å². The maximum absolute atomic E-state index is 12.2. The van der Waals surface area contributed by atoms with Crippen LogP contribution in [0.15, 0.2) is 24.3 Å². The van der Waals surface area contributed by atoms with Gasteiger partial charge in [-0.3, -0.25) is 0 Å². The molecule has 0 radical (unpaired) electrons. The number of benzene rings is 1. The molecule has 1 aromatic carbocycles. The van der Waals surface area contributed by atoms with Gasteiger partial charge in [0.05, 0.1) is 5.75 Å². The fourth-order valence-corrected chi connectivity index (χ4v) is 4.37. The number of rotatable bonds is 5. The summed E-state index contributed by atoms with van der Waals surface area (Å²) in [7, 11) is -3.31. The number of nitrogens with two attached hydrogens (primary N) is 1. The Kier molecular flexibility index (Phi) is 3.73. The van der Waals surface area contributed by atoms with E-state index in [4.69, 9.17) is 5.73 Å². The van der Waals surface area contributed by atoms with E-state index in [1.54, 1.807) is 0 Å².